The summed E-state index contributed by atoms with van der Waals surface area (Å²) in [4.78, 5) is 10.7. The van der Waals surface area contributed by atoms with Gasteiger partial charge in [-0.2, -0.15) is 6.07 Å². The van der Waals surface area contributed by atoms with Gasteiger partial charge in [-0.25, -0.2) is 4.57 Å². The first-order valence-electron chi connectivity index (χ1n) is 8.47. The number of hydrogen-bond acceptors (Lipinski definition) is 2. The molecule has 28 heavy (non-hydrogen) atoms. The summed E-state index contributed by atoms with van der Waals surface area (Å²) in [6, 6.07) is 11.3. The molecular weight excluding hydrogens is 509 g/mol. The Morgan fingerprint density at radius 1 is 1.11 bits per heavy atom. The molecule has 0 saturated heterocycles. The Morgan fingerprint density at radius 2 is 1.68 bits per heavy atom. The second kappa shape index (κ2) is 9.86. The Hall–Kier alpha value is -0.0200. The SMILES string of the molecule is CC1=C(C)C(C)([Si](C)C)C(OP(=O)(O)c2cc3ccccc3[cH-]2)=C1C.[Cl-].[Cl-].[Zr+3]. The molecule has 2 aromatic rings. The molecule has 2 radical (unpaired) electrons. The molecule has 0 heterocycles. The summed E-state index contributed by atoms with van der Waals surface area (Å²) in [7, 11) is -4.77. The smallest absolute Gasteiger partial charge is 1.00 e. The first-order valence-corrected chi connectivity index (χ1v) is 12.6. The molecule has 0 aromatic heterocycles. The Balaban J connectivity index is 0.00000243. The summed E-state index contributed by atoms with van der Waals surface area (Å²) >= 11 is 0. The normalized spacial score (nSPS) is 21.1. The second-order valence-electron chi connectivity index (χ2n) is 7.28. The molecule has 0 amide bonds. The van der Waals surface area contributed by atoms with Crippen LogP contribution in [0.15, 0.2) is 58.9 Å². The van der Waals surface area contributed by atoms with Crippen molar-refractivity contribution < 1.29 is 65.0 Å². The van der Waals surface area contributed by atoms with E-state index < -0.39 is 16.4 Å². The summed E-state index contributed by atoms with van der Waals surface area (Å²) in [6.07, 6.45) is 0. The van der Waals surface area contributed by atoms with Gasteiger partial charge in [-0.1, -0.05) is 31.7 Å². The van der Waals surface area contributed by atoms with Crippen molar-refractivity contribution >= 4 is 32.5 Å². The molecule has 3 rings (SSSR count). The van der Waals surface area contributed by atoms with E-state index in [1.54, 1.807) is 12.1 Å². The van der Waals surface area contributed by atoms with E-state index in [-0.39, 0.29) is 56.1 Å². The van der Waals surface area contributed by atoms with E-state index in [4.69, 9.17) is 4.52 Å². The van der Waals surface area contributed by atoms with Gasteiger partial charge in [-0.3, -0.25) is 0 Å². The summed E-state index contributed by atoms with van der Waals surface area (Å²) in [6.45, 7) is 12.8. The van der Waals surface area contributed by atoms with Crippen molar-refractivity contribution in [1.82, 2.24) is 0 Å². The van der Waals surface area contributed by atoms with Crippen molar-refractivity contribution in [3.63, 3.8) is 0 Å². The number of fused-ring (bicyclic) bond motifs is 1. The molecule has 8 heteroatoms. The molecule has 0 spiro atoms. The monoisotopic (exact) mass is 532 g/mol. The van der Waals surface area contributed by atoms with Crippen LogP contribution >= 0.6 is 7.60 Å². The van der Waals surface area contributed by atoms with Crippen molar-refractivity contribution in [2.75, 3.05) is 0 Å². The van der Waals surface area contributed by atoms with Crippen molar-refractivity contribution in [2.24, 2.45) is 0 Å². The summed E-state index contributed by atoms with van der Waals surface area (Å²) in [5.74, 6) is 0.678. The zero-order chi connectivity index (χ0) is 18.6. The Bertz CT molecular complexity index is 934. The third kappa shape index (κ3) is 4.51. The predicted molar refractivity (Wildman–Crippen MR) is 107 cm³/mol. The van der Waals surface area contributed by atoms with Gasteiger partial charge in [0, 0.05) is 5.04 Å². The molecule has 2 aromatic carbocycles. The Labute approximate surface area is 201 Å². The van der Waals surface area contributed by atoms with E-state index in [0.29, 0.717) is 11.1 Å². The molecule has 3 nitrogen and oxygen atoms in total. The minimum absolute atomic E-state index is 0. The van der Waals surface area contributed by atoms with E-state index in [0.717, 1.165) is 16.3 Å². The second-order valence-corrected chi connectivity index (χ2v) is 12.0. The van der Waals surface area contributed by atoms with Crippen LogP contribution < -0.4 is 30.1 Å². The van der Waals surface area contributed by atoms with Gasteiger partial charge in [0.2, 0.25) is 0 Å². The number of allylic oxidation sites excluding steroid dienone is 3. The van der Waals surface area contributed by atoms with Crippen LogP contribution in [0.4, 0.5) is 0 Å². The fourth-order valence-corrected chi connectivity index (χ4v) is 6.60. The van der Waals surface area contributed by atoms with E-state index in [9.17, 15) is 9.46 Å². The van der Waals surface area contributed by atoms with Crippen LogP contribution in [0.2, 0.25) is 18.1 Å². The van der Waals surface area contributed by atoms with E-state index in [1.165, 1.54) is 11.1 Å². The van der Waals surface area contributed by atoms with Crippen LogP contribution in [0.25, 0.3) is 10.8 Å². The Kier molecular flexibility index (Phi) is 9.85. The van der Waals surface area contributed by atoms with Crippen LogP contribution in [0.5, 0.6) is 0 Å². The third-order valence-corrected chi connectivity index (χ3v) is 9.76. The first-order chi connectivity index (χ1) is 11.6. The molecule has 1 aliphatic carbocycles. The van der Waals surface area contributed by atoms with Gasteiger partial charge < -0.3 is 34.2 Å². The number of hydrogen-bond donors (Lipinski definition) is 1. The number of halogens is 2. The third-order valence-electron chi connectivity index (χ3n) is 5.81. The van der Waals surface area contributed by atoms with Crippen LogP contribution in [-0.2, 0) is 35.3 Å². The van der Waals surface area contributed by atoms with Gasteiger partial charge in [0.25, 0.3) is 0 Å². The molecule has 0 saturated carbocycles. The zero-order valence-electron chi connectivity index (χ0n) is 16.9. The largest absolute Gasteiger partial charge is 3.00 e. The minimum Gasteiger partial charge on any atom is -1.00 e. The molecular formula is C20H25Cl2O3PSiZr. The fraction of sp³-hybridized carbons (Fsp3) is 0.350. The molecule has 0 fully saturated rings. The topological polar surface area (TPSA) is 46.5 Å². The Morgan fingerprint density at radius 3 is 2.21 bits per heavy atom. The van der Waals surface area contributed by atoms with Gasteiger partial charge in [0.15, 0.2) is 0 Å². The molecule has 2 unspecified atom stereocenters. The van der Waals surface area contributed by atoms with Crippen LogP contribution in [0, 0.1) is 0 Å². The minimum atomic E-state index is -3.94. The summed E-state index contributed by atoms with van der Waals surface area (Å²) in [5, 5.41) is 2.01. The van der Waals surface area contributed by atoms with E-state index in [1.807, 2.05) is 31.2 Å². The summed E-state index contributed by atoms with van der Waals surface area (Å²) in [5.41, 5.74) is 3.43. The number of benzene rings is 1. The maximum absolute atomic E-state index is 13.1. The maximum atomic E-state index is 13.1. The average molecular weight is 535 g/mol. The standard InChI is InChI=1S/C20H25O3PSi.2ClH.Zr/c1-13-14(2)19(20(4,15(13)3)25(5)6)23-24(21,22)18-11-16-9-7-8-10-17(16)12-18;;;/h7-12H,1-6H3,(H,21,22);2*1H;/q-1;;;+3/p-2. The van der Waals surface area contributed by atoms with Gasteiger partial charge in [-0.05, 0) is 37.2 Å². The maximum Gasteiger partial charge on any atom is 3.00 e. The number of rotatable bonds is 4. The van der Waals surface area contributed by atoms with Gasteiger partial charge in [0.05, 0.1) is 8.80 Å². The average Bonchev–Trinajstić information content (AvgIpc) is 3.07. The van der Waals surface area contributed by atoms with Crippen molar-refractivity contribution in [1.29, 1.82) is 0 Å². The van der Waals surface area contributed by atoms with Crippen LogP contribution in [-0.4, -0.2) is 13.7 Å². The molecule has 0 bridgehead atoms. The molecule has 0 aliphatic heterocycles. The van der Waals surface area contributed by atoms with Crippen molar-refractivity contribution in [2.45, 2.75) is 45.8 Å². The first kappa shape index (κ1) is 28.0. The quantitative estimate of drug-likeness (QED) is 0.328. The van der Waals surface area contributed by atoms with Crippen molar-refractivity contribution in [3.05, 3.63) is 58.9 Å². The molecule has 1 N–H and O–H groups in total. The van der Waals surface area contributed by atoms with Crippen molar-refractivity contribution in [3.8, 4) is 0 Å². The zero-order valence-corrected chi connectivity index (χ0v) is 22.8. The van der Waals surface area contributed by atoms with E-state index in [2.05, 4.69) is 33.9 Å². The molecule has 150 valence electrons. The molecule has 1 aliphatic rings. The fourth-order valence-electron chi connectivity index (χ4n) is 3.61. The van der Waals surface area contributed by atoms with Gasteiger partial charge in [0.1, 0.15) is 5.76 Å². The van der Waals surface area contributed by atoms with Crippen LogP contribution in [0.3, 0.4) is 0 Å². The predicted octanol–water partition coefficient (Wildman–Crippen LogP) is -0.470. The molecule has 2 atom stereocenters. The summed E-state index contributed by atoms with van der Waals surface area (Å²) < 4.78 is 19.0. The van der Waals surface area contributed by atoms with Gasteiger partial charge in [-0.15, -0.1) is 35.0 Å². The van der Waals surface area contributed by atoms with Crippen LogP contribution in [0.1, 0.15) is 27.7 Å². The van der Waals surface area contributed by atoms with Gasteiger partial charge >= 0.3 is 33.8 Å². The van der Waals surface area contributed by atoms with E-state index >= 15 is 0 Å².